The van der Waals surface area contributed by atoms with Crippen LogP contribution in [-0.2, 0) is 20.5 Å². The number of hydrogen-bond acceptors (Lipinski definition) is 4. The molecule has 2 heterocycles. The van der Waals surface area contributed by atoms with Crippen molar-refractivity contribution in [2.24, 2.45) is 0 Å². The van der Waals surface area contributed by atoms with Gasteiger partial charge in [0, 0.05) is 13.1 Å². The number of halogens is 1. The molecule has 140 valence electrons. The van der Waals surface area contributed by atoms with Gasteiger partial charge in [-0.15, -0.1) is 12.4 Å². The average molecular weight is 368 g/mol. The van der Waals surface area contributed by atoms with Gasteiger partial charge in [0.05, 0.1) is 24.4 Å². The molecule has 0 unspecified atom stereocenters. The highest BCUT2D eigenvalue weighted by molar-refractivity contribution is 6.62. The summed E-state index contributed by atoms with van der Waals surface area (Å²) in [6.07, 6.45) is 2.26. The van der Waals surface area contributed by atoms with Gasteiger partial charge in [-0.3, -0.25) is 4.90 Å². The van der Waals surface area contributed by atoms with Crippen molar-refractivity contribution in [3.05, 3.63) is 29.8 Å². The summed E-state index contributed by atoms with van der Waals surface area (Å²) in [5.74, 6) is 0. The number of ether oxygens (including phenoxy) is 1. The molecule has 6 heteroatoms. The van der Waals surface area contributed by atoms with Crippen LogP contribution in [0.4, 0.5) is 0 Å². The first-order chi connectivity index (χ1) is 11.4. The third-order valence-corrected chi connectivity index (χ3v) is 5.52. The van der Waals surface area contributed by atoms with Crippen molar-refractivity contribution in [1.29, 1.82) is 0 Å². The lowest BCUT2D eigenvalue weighted by atomic mass is 9.78. The number of benzene rings is 1. The van der Waals surface area contributed by atoms with Gasteiger partial charge in [0.2, 0.25) is 0 Å². The van der Waals surface area contributed by atoms with Crippen molar-refractivity contribution < 1.29 is 14.0 Å². The van der Waals surface area contributed by atoms with Gasteiger partial charge in [-0.05, 0) is 58.1 Å². The van der Waals surface area contributed by atoms with E-state index in [-0.39, 0.29) is 30.7 Å². The molecule has 2 fully saturated rings. The summed E-state index contributed by atoms with van der Waals surface area (Å²) in [6, 6.07) is 8.66. The maximum atomic E-state index is 6.16. The van der Waals surface area contributed by atoms with Gasteiger partial charge in [-0.1, -0.05) is 24.3 Å². The fraction of sp³-hybridized carbons (Fsp3) is 0.684. The number of hydrogen-bond donors (Lipinski definition) is 0. The molecule has 3 rings (SSSR count). The molecule has 0 aromatic heterocycles. The molecule has 0 N–H and O–H groups in total. The molecule has 4 nitrogen and oxygen atoms in total. The molecule has 0 aliphatic carbocycles. The van der Waals surface area contributed by atoms with Crippen LogP contribution >= 0.6 is 12.4 Å². The Morgan fingerprint density at radius 1 is 1.04 bits per heavy atom. The first kappa shape index (κ1) is 20.7. The topological polar surface area (TPSA) is 30.9 Å². The second-order valence-electron chi connectivity index (χ2n) is 7.89. The zero-order valence-electron chi connectivity index (χ0n) is 15.9. The summed E-state index contributed by atoms with van der Waals surface area (Å²) in [6.45, 7) is 13.4. The van der Waals surface area contributed by atoms with E-state index in [0.717, 1.165) is 44.7 Å². The minimum atomic E-state index is -0.288. The van der Waals surface area contributed by atoms with Gasteiger partial charge in [0.15, 0.2) is 0 Å². The fourth-order valence-electron chi connectivity index (χ4n) is 3.21. The van der Waals surface area contributed by atoms with Crippen LogP contribution in [0.25, 0.3) is 0 Å². The van der Waals surface area contributed by atoms with E-state index >= 15 is 0 Å². The van der Waals surface area contributed by atoms with Crippen LogP contribution in [0.15, 0.2) is 24.3 Å². The lowest BCUT2D eigenvalue weighted by Gasteiger charge is -2.32. The number of aryl methyl sites for hydroxylation is 1. The van der Waals surface area contributed by atoms with Crippen molar-refractivity contribution in [2.75, 3.05) is 32.8 Å². The van der Waals surface area contributed by atoms with E-state index in [4.69, 9.17) is 14.0 Å². The summed E-state index contributed by atoms with van der Waals surface area (Å²) in [5, 5.41) is 0. The van der Waals surface area contributed by atoms with Crippen LogP contribution in [0.5, 0.6) is 0 Å². The Balaban J connectivity index is 0.00000225. The lowest BCUT2D eigenvalue weighted by molar-refractivity contribution is 0.00578. The highest BCUT2D eigenvalue weighted by Crippen LogP contribution is 2.36. The van der Waals surface area contributed by atoms with Crippen LogP contribution < -0.4 is 5.46 Å². The maximum Gasteiger partial charge on any atom is 0.494 e. The van der Waals surface area contributed by atoms with Crippen molar-refractivity contribution in [2.45, 2.75) is 51.7 Å². The molecule has 2 saturated heterocycles. The van der Waals surface area contributed by atoms with E-state index in [2.05, 4.69) is 56.9 Å². The van der Waals surface area contributed by atoms with Gasteiger partial charge >= 0.3 is 7.12 Å². The molecule has 25 heavy (non-hydrogen) atoms. The Bertz CT molecular complexity index is 545. The largest absolute Gasteiger partial charge is 0.494 e. The van der Waals surface area contributed by atoms with Crippen LogP contribution in [0, 0.1) is 0 Å². The van der Waals surface area contributed by atoms with E-state index in [1.807, 2.05) is 0 Å². The highest BCUT2D eigenvalue weighted by atomic mass is 35.5. The third kappa shape index (κ3) is 4.98. The SMILES string of the molecule is CC1(C)OB(c2cccc(CCCN3CCOCC3)c2)OC1(C)C.Cl. The maximum absolute atomic E-state index is 6.16. The molecule has 0 bridgehead atoms. The van der Waals surface area contributed by atoms with Gasteiger partial charge < -0.3 is 14.0 Å². The Morgan fingerprint density at radius 3 is 2.32 bits per heavy atom. The Hall–Kier alpha value is -0.585. The Labute approximate surface area is 158 Å². The van der Waals surface area contributed by atoms with Crippen LogP contribution in [-0.4, -0.2) is 56.1 Å². The van der Waals surface area contributed by atoms with Gasteiger partial charge in [0.25, 0.3) is 0 Å². The molecule has 0 spiro atoms. The normalized spacial score (nSPS) is 22.6. The Morgan fingerprint density at radius 2 is 1.68 bits per heavy atom. The number of nitrogens with zero attached hydrogens (tertiary/aromatic N) is 1. The van der Waals surface area contributed by atoms with Crippen LogP contribution in [0.2, 0.25) is 0 Å². The van der Waals surface area contributed by atoms with E-state index in [9.17, 15) is 0 Å². The summed E-state index contributed by atoms with van der Waals surface area (Å²) in [7, 11) is -0.269. The molecule has 2 aliphatic heterocycles. The van der Waals surface area contributed by atoms with Crippen molar-refractivity contribution in [3.63, 3.8) is 0 Å². The summed E-state index contributed by atoms with van der Waals surface area (Å²) in [4.78, 5) is 2.49. The third-order valence-electron chi connectivity index (χ3n) is 5.52. The smallest absolute Gasteiger partial charge is 0.399 e. The number of rotatable bonds is 5. The predicted molar refractivity (Wildman–Crippen MR) is 105 cm³/mol. The molecule has 0 saturated carbocycles. The summed E-state index contributed by atoms with van der Waals surface area (Å²) >= 11 is 0. The van der Waals surface area contributed by atoms with Gasteiger partial charge in [-0.25, -0.2) is 0 Å². The van der Waals surface area contributed by atoms with Crippen molar-refractivity contribution in [3.8, 4) is 0 Å². The van der Waals surface area contributed by atoms with Gasteiger partial charge in [-0.2, -0.15) is 0 Å². The summed E-state index contributed by atoms with van der Waals surface area (Å²) < 4.78 is 17.7. The van der Waals surface area contributed by atoms with Crippen molar-refractivity contribution in [1.82, 2.24) is 4.90 Å². The highest BCUT2D eigenvalue weighted by Gasteiger charge is 2.51. The first-order valence-electron chi connectivity index (χ1n) is 9.12. The quantitative estimate of drug-likeness (QED) is 0.749. The molecule has 1 aromatic rings. The zero-order chi connectivity index (χ0) is 17.2. The molecular weight excluding hydrogens is 336 g/mol. The van der Waals surface area contributed by atoms with Crippen molar-refractivity contribution >= 4 is 25.0 Å². The minimum Gasteiger partial charge on any atom is -0.399 e. The zero-order valence-corrected chi connectivity index (χ0v) is 16.7. The Kier molecular flexibility index (Phi) is 6.97. The average Bonchev–Trinajstić information content (AvgIpc) is 2.77. The standard InChI is InChI=1S/C19H30BNO3.ClH/c1-18(2)19(3,4)24-20(23-18)17-9-5-7-16(15-17)8-6-10-21-11-13-22-14-12-21;/h5,7,9,15H,6,8,10-14H2,1-4H3;1H. The number of morpholine rings is 1. The summed E-state index contributed by atoms with van der Waals surface area (Å²) in [5.41, 5.74) is 1.90. The molecular formula is C19H31BClNO3. The van der Waals surface area contributed by atoms with Gasteiger partial charge in [0.1, 0.15) is 0 Å². The molecule has 0 radical (unpaired) electrons. The monoisotopic (exact) mass is 367 g/mol. The minimum absolute atomic E-state index is 0. The lowest BCUT2D eigenvalue weighted by Crippen LogP contribution is -2.41. The van der Waals surface area contributed by atoms with Crippen LogP contribution in [0.1, 0.15) is 39.7 Å². The molecule has 2 aliphatic rings. The van der Waals surface area contributed by atoms with E-state index < -0.39 is 0 Å². The molecule has 0 atom stereocenters. The van der Waals surface area contributed by atoms with E-state index in [1.54, 1.807) is 0 Å². The second kappa shape index (κ2) is 8.40. The first-order valence-corrected chi connectivity index (χ1v) is 9.12. The van der Waals surface area contributed by atoms with E-state index in [1.165, 1.54) is 12.0 Å². The fourth-order valence-corrected chi connectivity index (χ4v) is 3.21. The van der Waals surface area contributed by atoms with E-state index in [0.29, 0.717) is 0 Å². The molecule has 1 aromatic carbocycles. The second-order valence-corrected chi connectivity index (χ2v) is 7.89. The molecule has 0 amide bonds. The predicted octanol–water partition coefficient (Wildman–Crippen LogP) is 2.67. The van der Waals surface area contributed by atoms with Crippen LogP contribution in [0.3, 0.4) is 0 Å².